The molecule has 6 rings (SSSR count). The Hall–Kier alpha value is -4.63. The number of ether oxygens (including phenoxy) is 2. The maximum Gasteiger partial charge on any atom is 0.322 e. The third kappa shape index (κ3) is 5.16. The molecule has 3 aromatic carbocycles. The largest absolute Gasteiger partial charge is 0.457 e. The maximum atomic E-state index is 14.3. The zero-order valence-electron chi connectivity index (χ0n) is 22.9. The molecule has 2 atom stereocenters. The molecule has 0 radical (unpaired) electrons. The SMILES string of the molecule is CCN1C(=O)N[C@H](c2cccc(Oc3ccccc3)c2)C2=C1CN([C@@H](C(=O)N1CCOCC1)c1ccccc1)C2=O. The average Bonchev–Trinajstić information content (AvgIpc) is 3.34. The topological polar surface area (TPSA) is 91.4 Å². The number of benzene rings is 3. The van der Waals surface area contributed by atoms with Crippen LogP contribution in [0.15, 0.2) is 96.2 Å². The van der Waals surface area contributed by atoms with Crippen LogP contribution in [0.4, 0.5) is 4.79 Å². The highest BCUT2D eigenvalue weighted by Crippen LogP contribution is 2.41. The molecule has 9 heteroatoms. The minimum Gasteiger partial charge on any atom is -0.457 e. The van der Waals surface area contributed by atoms with E-state index in [1.165, 1.54) is 0 Å². The number of hydrogen-bond acceptors (Lipinski definition) is 5. The van der Waals surface area contributed by atoms with Crippen LogP contribution in [0.1, 0.15) is 30.1 Å². The quantitative estimate of drug-likeness (QED) is 0.473. The van der Waals surface area contributed by atoms with Crippen molar-refractivity contribution in [3.05, 3.63) is 107 Å². The van der Waals surface area contributed by atoms with E-state index in [0.717, 1.165) is 11.1 Å². The van der Waals surface area contributed by atoms with Crippen molar-refractivity contribution in [2.75, 3.05) is 39.4 Å². The van der Waals surface area contributed by atoms with Crippen molar-refractivity contribution in [1.82, 2.24) is 20.0 Å². The van der Waals surface area contributed by atoms with Gasteiger partial charge in [0.2, 0.25) is 5.91 Å². The van der Waals surface area contributed by atoms with Gasteiger partial charge < -0.3 is 24.6 Å². The fourth-order valence-corrected chi connectivity index (χ4v) is 5.74. The summed E-state index contributed by atoms with van der Waals surface area (Å²) in [4.78, 5) is 46.6. The van der Waals surface area contributed by atoms with Crippen molar-refractivity contribution in [3.8, 4) is 11.5 Å². The van der Waals surface area contributed by atoms with Gasteiger partial charge in [-0.15, -0.1) is 0 Å². The minimum absolute atomic E-state index is 0.148. The Labute approximate surface area is 238 Å². The predicted octanol–water partition coefficient (Wildman–Crippen LogP) is 4.26. The molecule has 4 amide bonds. The number of likely N-dealkylation sites (N-methyl/N-ethyl adjacent to an activating group) is 1. The predicted molar refractivity (Wildman–Crippen MR) is 152 cm³/mol. The monoisotopic (exact) mass is 552 g/mol. The molecule has 210 valence electrons. The molecule has 9 nitrogen and oxygen atoms in total. The number of morpholine rings is 1. The van der Waals surface area contributed by atoms with E-state index in [-0.39, 0.29) is 24.4 Å². The molecule has 1 N–H and O–H groups in total. The minimum atomic E-state index is -0.824. The van der Waals surface area contributed by atoms with Gasteiger partial charge in [0, 0.05) is 19.6 Å². The molecule has 0 aliphatic carbocycles. The Morgan fingerprint density at radius 1 is 0.951 bits per heavy atom. The third-order valence-electron chi connectivity index (χ3n) is 7.72. The molecule has 0 unspecified atom stereocenters. The molecule has 0 bridgehead atoms. The van der Waals surface area contributed by atoms with Gasteiger partial charge in [-0.1, -0.05) is 60.7 Å². The van der Waals surface area contributed by atoms with Gasteiger partial charge in [0.25, 0.3) is 5.91 Å². The zero-order valence-corrected chi connectivity index (χ0v) is 22.9. The lowest BCUT2D eigenvalue weighted by molar-refractivity contribution is -0.146. The Morgan fingerprint density at radius 2 is 1.63 bits per heavy atom. The van der Waals surface area contributed by atoms with Crippen molar-refractivity contribution in [1.29, 1.82) is 0 Å². The number of nitrogens with one attached hydrogen (secondary N) is 1. The molecular formula is C32H32N4O5. The highest BCUT2D eigenvalue weighted by Gasteiger charge is 2.48. The summed E-state index contributed by atoms with van der Waals surface area (Å²) >= 11 is 0. The third-order valence-corrected chi connectivity index (χ3v) is 7.72. The molecule has 3 heterocycles. The zero-order chi connectivity index (χ0) is 28.3. The van der Waals surface area contributed by atoms with Crippen LogP contribution in [-0.4, -0.2) is 71.9 Å². The van der Waals surface area contributed by atoms with Crippen molar-refractivity contribution < 1.29 is 23.9 Å². The Morgan fingerprint density at radius 3 is 2.34 bits per heavy atom. The van der Waals surface area contributed by atoms with E-state index in [4.69, 9.17) is 9.47 Å². The van der Waals surface area contributed by atoms with Crippen molar-refractivity contribution in [2.45, 2.75) is 19.0 Å². The van der Waals surface area contributed by atoms with Crippen LogP contribution in [0, 0.1) is 0 Å². The van der Waals surface area contributed by atoms with E-state index in [9.17, 15) is 14.4 Å². The molecule has 0 aromatic heterocycles. The molecule has 0 saturated carbocycles. The number of amides is 4. The molecule has 0 spiro atoms. The Balaban J connectivity index is 1.36. The fraction of sp³-hybridized carbons (Fsp3) is 0.281. The summed E-state index contributed by atoms with van der Waals surface area (Å²) in [6.45, 7) is 4.28. The molecule has 3 aliphatic rings. The van der Waals surface area contributed by atoms with E-state index in [2.05, 4.69) is 5.32 Å². The van der Waals surface area contributed by atoms with Crippen LogP contribution in [0.25, 0.3) is 0 Å². The first-order valence-corrected chi connectivity index (χ1v) is 13.9. The number of para-hydroxylation sites is 1. The van der Waals surface area contributed by atoms with Crippen LogP contribution in [-0.2, 0) is 14.3 Å². The van der Waals surface area contributed by atoms with Crippen LogP contribution in [0.3, 0.4) is 0 Å². The number of carbonyl (C=O) groups excluding carboxylic acids is 3. The van der Waals surface area contributed by atoms with Gasteiger partial charge in [-0.25, -0.2) is 4.79 Å². The van der Waals surface area contributed by atoms with Crippen molar-refractivity contribution >= 4 is 17.8 Å². The van der Waals surface area contributed by atoms with Gasteiger partial charge in [-0.05, 0) is 42.3 Å². The van der Waals surface area contributed by atoms with Gasteiger partial charge in [-0.3, -0.25) is 14.5 Å². The lowest BCUT2D eigenvalue weighted by Crippen LogP contribution is -2.48. The highest BCUT2D eigenvalue weighted by molar-refractivity contribution is 6.04. The molecule has 3 aliphatic heterocycles. The smallest absolute Gasteiger partial charge is 0.322 e. The number of hydrogen-bond donors (Lipinski definition) is 1. The lowest BCUT2D eigenvalue weighted by Gasteiger charge is -2.35. The molecule has 1 fully saturated rings. The molecular weight excluding hydrogens is 520 g/mol. The second-order valence-electron chi connectivity index (χ2n) is 10.2. The van der Waals surface area contributed by atoms with E-state index < -0.39 is 12.1 Å². The Kier molecular flexibility index (Phi) is 7.43. The first-order chi connectivity index (χ1) is 20.0. The first-order valence-electron chi connectivity index (χ1n) is 13.9. The lowest BCUT2D eigenvalue weighted by atomic mass is 9.95. The second-order valence-corrected chi connectivity index (χ2v) is 10.2. The summed E-state index contributed by atoms with van der Waals surface area (Å²) < 4.78 is 11.5. The summed E-state index contributed by atoms with van der Waals surface area (Å²) in [6, 6.07) is 24.4. The van der Waals surface area contributed by atoms with Gasteiger partial charge in [0.1, 0.15) is 17.5 Å². The van der Waals surface area contributed by atoms with Crippen LogP contribution >= 0.6 is 0 Å². The number of carbonyl (C=O) groups is 3. The highest BCUT2D eigenvalue weighted by atomic mass is 16.5. The average molecular weight is 553 g/mol. The van der Waals surface area contributed by atoms with Crippen LogP contribution in [0.5, 0.6) is 11.5 Å². The summed E-state index contributed by atoms with van der Waals surface area (Å²) in [5.74, 6) is 0.859. The standard InChI is InChI=1S/C32H32N4O5/c1-2-35-26-21-36(29(22-10-5-3-6-11-22)31(38)34-16-18-40-19-17-34)30(37)27(26)28(33-32(35)39)23-12-9-15-25(20-23)41-24-13-7-4-8-14-24/h3-15,20,28-29H,2,16-19,21H2,1H3,(H,33,39)/t28-,29-/m1/s1. The summed E-state index contributed by atoms with van der Waals surface area (Å²) in [5, 5.41) is 3.03. The van der Waals surface area contributed by atoms with Crippen LogP contribution < -0.4 is 10.1 Å². The van der Waals surface area contributed by atoms with Gasteiger partial charge >= 0.3 is 6.03 Å². The van der Waals surface area contributed by atoms with E-state index >= 15 is 0 Å². The van der Waals surface area contributed by atoms with E-state index in [1.54, 1.807) is 14.7 Å². The number of nitrogens with zero attached hydrogens (tertiary/aromatic N) is 3. The first kappa shape index (κ1) is 26.6. The van der Waals surface area contributed by atoms with E-state index in [1.807, 2.05) is 91.9 Å². The number of rotatable bonds is 7. The van der Waals surface area contributed by atoms with Gasteiger partial charge in [0.05, 0.1) is 37.1 Å². The van der Waals surface area contributed by atoms with E-state index in [0.29, 0.717) is 55.6 Å². The summed E-state index contributed by atoms with van der Waals surface area (Å²) in [5.41, 5.74) is 2.55. The normalized spacial score (nSPS) is 19.6. The maximum absolute atomic E-state index is 14.3. The van der Waals surface area contributed by atoms with Gasteiger partial charge in [0.15, 0.2) is 0 Å². The van der Waals surface area contributed by atoms with Gasteiger partial charge in [-0.2, -0.15) is 0 Å². The molecule has 41 heavy (non-hydrogen) atoms. The molecule has 3 aromatic rings. The second kappa shape index (κ2) is 11.5. The van der Waals surface area contributed by atoms with Crippen molar-refractivity contribution in [2.24, 2.45) is 0 Å². The fourth-order valence-electron chi connectivity index (χ4n) is 5.74. The molecule has 1 saturated heterocycles. The Bertz CT molecular complexity index is 1470. The van der Waals surface area contributed by atoms with Crippen molar-refractivity contribution in [3.63, 3.8) is 0 Å². The summed E-state index contributed by atoms with van der Waals surface area (Å²) in [6.07, 6.45) is 0. The summed E-state index contributed by atoms with van der Waals surface area (Å²) in [7, 11) is 0. The van der Waals surface area contributed by atoms with Crippen LogP contribution in [0.2, 0.25) is 0 Å². The number of urea groups is 1.